The molecule has 100 valence electrons. The molecular weight excluding hydrogens is 263 g/mol. The maximum absolute atomic E-state index is 13.6. The van der Waals surface area contributed by atoms with Crippen LogP contribution in [-0.4, -0.2) is 20.4 Å². The van der Waals surface area contributed by atoms with E-state index in [1.807, 2.05) is 0 Å². The van der Waals surface area contributed by atoms with Gasteiger partial charge >= 0.3 is 0 Å². The summed E-state index contributed by atoms with van der Waals surface area (Å²) in [5, 5.41) is 22.6. The number of nitrogens with zero attached hydrogens (tertiary/aromatic N) is 2. The van der Waals surface area contributed by atoms with Crippen LogP contribution in [0.1, 0.15) is 0 Å². The highest BCUT2D eigenvalue weighted by Gasteiger charge is 2.16. The van der Waals surface area contributed by atoms with Gasteiger partial charge in [-0.15, -0.1) is 0 Å². The Labute approximate surface area is 112 Å². The molecule has 0 atom stereocenters. The fraction of sp³-hybridized carbons (Fsp3) is 0. The number of phenolic OH excluding ortho intramolecular Hbond substituents is 2. The van der Waals surface area contributed by atoms with Crippen LogP contribution in [-0.2, 0) is 0 Å². The van der Waals surface area contributed by atoms with Gasteiger partial charge in [0.25, 0.3) is 5.89 Å². The van der Waals surface area contributed by atoms with Crippen molar-refractivity contribution in [3.8, 4) is 34.3 Å². The van der Waals surface area contributed by atoms with Crippen molar-refractivity contribution in [1.29, 1.82) is 0 Å². The zero-order valence-electron chi connectivity index (χ0n) is 10.1. The van der Waals surface area contributed by atoms with Gasteiger partial charge in [-0.2, -0.15) is 4.98 Å². The maximum atomic E-state index is 13.6. The molecule has 1 aromatic heterocycles. The first-order valence-corrected chi connectivity index (χ1v) is 5.76. The summed E-state index contributed by atoms with van der Waals surface area (Å²) in [6, 6.07) is 10.0. The monoisotopic (exact) mass is 272 g/mol. The van der Waals surface area contributed by atoms with E-state index in [0.717, 1.165) is 6.07 Å². The molecule has 0 bridgehead atoms. The van der Waals surface area contributed by atoms with Crippen molar-refractivity contribution in [3.05, 3.63) is 48.3 Å². The summed E-state index contributed by atoms with van der Waals surface area (Å²) in [7, 11) is 0. The molecule has 0 fully saturated rings. The van der Waals surface area contributed by atoms with Crippen molar-refractivity contribution >= 4 is 0 Å². The number of phenols is 2. The van der Waals surface area contributed by atoms with Crippen molar-refractivity contribution < 1.29 is 19.1 Å². The van der Waals surface area contributed by atoms with E-state index in [2.05, 4.69) is 10.1 Å². The standard InChI is InChI=1S/C14H9FN2O3/c15-11-4-2-1-3-9(11)13-16-14(20-17-13)10-6-5-8(18)7-12(10)19/h1-7,18-19H. The molecule has 2 aromatic carbocycles. The summed E-state index contributed by atoms with van der Waals surface area (Å²) < 4.78 is 18.6. The smallest absolute Gasteiger partial charge is 0.262 e. The molecule has 2 N–H and O–H groups in total. The normalized spacial score (nSPS) is 10.7. The number of hydrogen-bond acceptors (Lipinski definition) is 5. The molecule has 6 heteroatoms. The largest absolute Gasteiger partial charge is 0.508 e. The third-order valence-electron chi connectivity index (χ3n) is 2.75. The van der Waals surface area contributed by atoms with Crippen LogP contribution in [0, 0.1) is 5.82 Å². The summed E-state index contributed by atoms with van der Waals surface area (Å²) in [5.74, 6) is -0.616. The van der Waals surface area contributed by atoms with E-state index in [9.17, 15) is 14.6 Å². The van der Waals surface area contributed by atoms with Gasteiger partial charge in [-0.05, 0) is 24.3 Å². The van der Waals surface area contributed by atoms with Gasteiger partial charge in [-0.3, -0.25) is 0 Å². The summed E-state index contributed by atoms with van der Waals surface area (Å²) in [6.07, 6.45) is 0. The maximum Gasteiger partial charge on any atom is 0.262 e. The lowest BCUT2D eigenvalue weighted by Crippen LogP contribution is -1.85. The van der Waals surface area contributed by atoms with Crippen molar-refractivity contribution in [2.45, 2.75) is 0 Å². The molecular formula is C14H9FN2O3. The predicted octanol–water partition coefficient (Wildman–Crippen LogP) is 2.95. The molecule has 0 amide bonds. The Hall–Kier alpha value is -2.89. The molecule has 0 saturated heterocycles. The lowest BCUT2D eigenvalue weighted by Gasteiger charge is -1.99. The molecule has 1 heterocycles. The lowest BCUT2D eigenvalue weighted by atomic mass is 10.2. The topological polar surface area (TPSA) is 79.4 Å². The SMILES string of the molecule is Oc1ccc(-c2nc(-c3ccccc3F)no2)c(O)c1. The van der Waals surface area contributed by atoms with Crippen molar-refractivity contribution in [2.24, 2.45) is 0 Å². The van der Waals surface area contributed by atoms with Gasteiger partial charge in [-0.1, -0.05) is 17.3 Å². The highest BCUT2D eigenvalue weighted by Crippen LogP contribution is 2.32. The van der Waals surface area contributed by atoms with E-state index >= 15 is 0 Å². The molecule has 3 aromatic rings. The molecule has 0 aliphatic carbocycles. The Balaban J connectivity index is 2.04. The first kappa shape index (κ1) is 12.2. The second kappa shape index (κ2) is 4.65. The van der Waals surface area contributed by atoms with Crippen LogP contribution >= 0.6 is 0 Å². The van der Waals surface area contributed by atoms with Gasteiger partial charge in [0.1, 0.15) is 17.3 Å². The van der Waals surface area contributed by atoms with Crippen LogP contribution < -0.4 is 0 Å². The highest BCUT2D eigenvalue weighted by atomic mass is 19.1. The number of halogens is 1. The minimum Gasteiger partial charge on any atom is -0.508 e. The van der Waals surface area contributed by atoms with E-state index in [-0.39, 0.29) is 34.3 Å². The Kier molecular flexibility index (Phi) is 2.83. The average molecular weight is 272 g/mol. The summed E-state index contributed by atoms with van der Waals surface area (Å²) in [4.78, 5) is 4.04. The quantitative estimate of drug-likeness (QED) is 0.749. The van der Waals surface area contributed by atoms with E-state index in [0.29, 0.717) is 0 Å². The molecule has 0 radical (unpaired) electrons. The molecule has 0 aliphatic heterocycles. The van der Waals surface area contributed by atoms with Gasteiger partial charge in [-0.25, -0.2) is 4.39 Å². The molecule has 0 aliphatic rings. The van der Waals surface area contributed by atoms with E-state index in [1.54, 1.807) is 12.1 Å². The van der Waals surface area contributed by atoms with Gasteiger partial charge in [0.15, 0.2) is 0 Å². The summed E-state index contributed by atoms with van der Waals surface area (Å²) in [6.45, 7) is 0. The molecule has 20 heavy (non-hydrogen) atoms. The number of hydrogen-bond donors (Lipinski definition) is 2. The lowest BCUT2D eigenvalue weighted by molar-refractivity contribution is 0.423. The van der Waals surface area contributed by atoms with Gasteiger partial charge < -0.3 is 14.7 Å². The Morgan fingerprint density at radius 3 is 2.55 bits per heavy atom. The van der Waals surface area contributed by atoms with E-state index in [4.69, 9.17) is 4.52 Å². The minimum absolute atomic E-state index is 0.0424. The number of aromatic hydroxyl groups is 2. The fourth-order valence-corrected chi connectivity index (χ4v) is 1.79. The van der Waals surface area contributed by atoms with Crippen LogP contribution in [0.3, 0.4) is 0 Å². The number of aromatic nitrogens is 2. The Bertz CT molecular complexity index is 771. The van der Waals surface area contributed by atoms with Crippen LogP contribution in [0.2, 0.25) is 0 Å². The second-order valence-electron chi connectivity index (χ2n) is 4.10. The van der Waals surface area contributed by atoms with Crippen molar-refractivity contribution in [1.82, 2.24) is 10.1 Å². The summed E-state index contributed by atoms with van der Waals surface area (Å²) >= 11 is 0. The predicted molar refractivity (Wildman–Crippen MR) is 68.5 cm³/mol. The van der Waals surface area contributed by atoms with Gasteiger partial charge in [0, 0.05) is 6.07 Å². The van der Waals surface area contributed by atoms with Crippen molar-refractivity contribution in [3.63, 3.8) is 0 Å². The van der Waals surface area contributed by atoms with E-state index < -0.39 is 5.82 Å². The first-order chi connectivity index (χ1) is 9.65. The minimum atomic E-state index is -0.463. The van der Waals surface area contributed by atoms with E-state index in [1.165, 1.54) is 24.3 Å². The summed E-state index contributed by atoms with van der Waals surface area (Å²) in [5.41, 5.74) is 0.471. The number of benzene rings is 2. The van der Waals surface area contributed by atoms with Crippen molar-refractivity contribution in [2.75, 3.05) is 0 Å². The first-order valence-electron chi connectivity index (χ1n) is 5.76. The average Bonchev–Trinajstić information content (AvgIpc) is 2.88. The zero-order chi connectivity index (χ0) is 14.1. The molecule has 5 nitrogen and oxygen atoms in total. The second-order valence-corrected chi connectivity index (χ2v) is 4.10. The fourth-order valence-electron chi connectivity index (χ4n) is 1.79. The third kappa shape index (κ3) is 2.07. The highest BCUT2D eigenvalue weighted by molar-refractivity contribution is 5.66. The molecule has 0 unspecified atom stereocenters. The molecule has 0 spiro atoms. The third-order valence-corrected chi connectivity index (χ3v) is 2.75. The van der Waals surface area contributed by atoms with Crippen LogP contribution in [0.5, 0.6) is 11.5 Å². The Morgan fingerprint density at radius 1 is 1.00 bits per heavy atom. The van der Waals surface area contributed by atoms with Gasteiger partial charge in [0.05, 0.1) is 11.1 Å². The zero-order valence-corrected chi connectivity index (χ0v) is 10.1. The number of rotatable bonds is 2. The van der Waals surface area contributed by atoms with Crippen LogP contribution in [0.4, 0.5) is 4.39 Å². The Morgan fingerprint density at radius 2 is 1.80 bits per heavy atom. The molecule has 0 saturated carbocycles. The van der Waals surface area contributed by atoms with Crippen LogP contribution in [0.25, 0.3) is 22.8 Å². The molecule has 3 rings (SSSR count). The van der Waals surface area contributed by atoms with Crippen LogP contribution in [0.15, 0.2) is 47.0 Å². The van der Waals surface area contributed by atoms with Gasteiger partial charge in [0.2, 0.25) is 5.82 Å².